The first kappa shape index (κ1) is 12.7. The summed E-state index contributed by atoms with van der Waals surface area (Å²) in [6.07, 6.45) is 4.74. The van der Waals surface area contributed by atoms with E-state index in [2.05, 4.69) is 15.5 Å². The Hall–Kier alpha value is -1.31. The van der Waals surface area contributed by atoms with Crippen LogP contribution in [0.1, 0.15) is 18.4 Å². The molecule has 7 heteroatoms. The third-order valence-electron chi connectivity index (χ3n) is 3.19. The van der Waals surface area contributed by atoms with E-state index < -0.39 is 0 Å². The molecular formula is C12H15N3O3S. The number of carbonyl (C=O) groups is 1. The summed E-state index contributed by atoms with van der Waals surface area (Å²) in [5.74, 6) is -0.162. The van der Waals surface area contributed by atoms with E-state index in [-0.39, 0.29) is 24.0 Å². The molecule has 3 rings (SSSR count). The number of hydrogen-bond donors (Lipinski definition) is 1. The van der Waals surface area contributed by atoms with Crippen LogP contribution < -0.4 is 5.32 Å². The molecular weight excluding hydrogens is 266 g/mol. The lowest BCUT2D eigenvalue weighted by Gasteiger charge is -2.13. The zero-order valence-corrected chi connectivity index (χ0v) is 11.4. The predicted octanol–water partition coefficient (Wildman–Crippen LogP) is 1.36. The Morgan fingerprint density at radius 1 is 1.58 bits per heavy atom. The Morgan fingerprint density at radius 2 is 2.47 bits per heavy atom. The van der Waals surface area contributed by atoms with E-state index >= 15 is 0 Å². The van der Waals surface area contributed by atoms with Gasteiger partial charge in [-0.15, -0.1) is 10.2 Å². The molecule has 0 radical (unpaired) electrons. The number of nitrogens with zero attached hydrogens (tertiary/aromatic N) is 2. The Morgan fingerprint density at radius 3 is 3.16 bits per heavy atom. The lowest BCUT2D eigenvalue weighted by molar-refractivity contribution is -0.120. The molecule has 1 aromatic rings. The summed E-state index contributed by atoms with van der Waals surface area (Å²) in [6.45, 7) is 2.99. The van der Waals surface area contributed by atoms with Crippen LogP contribution in [-0.2, 0) is 20.9 Å². The molecule has 3 heterocycles. The van der Waals surface area contributed by atoms with Crippen LogP contribution >= 0.6 is 11.3 Å². The van der Waals surface area contributed by atoms with Crippen LogP contribution in [0.15, 0.2) is 12.2 Å². The number of fused-ring (bicyclic) bond motifs is 2. The number of carbonyl (C=O) groups excluding carboxylic acids is 1. The van der Waals surface area contributed by atoms with Crippen LogP contribution in [0.2, 0.25) is 0 Å². The van der Waals surface area contributed by atoms with Gasteiger partial charge in [0.05, 0.1) is 18.1 Å². The van der Waals surface area contributed by atoms with E-state index in [9.17, 15) is 4.79 Å². The molecule has 1 saturated heterocycles. The minimum absolute atomic E-state index is 0.0454. The summed E-state index contributed by atoms with van der Waals surface area (Å²) in [4.78, 5) is 12.1. The van der Waals surface area contributed by atoms with Gasteiger partial charge in [-0.05, 0) is 13.3 Å². The quantitative estimate of drug-likeness (QED) is 0.825. The van der Waals surface area contributed by atoms with Crippen molar-refractivity contribution in [3.63, 3.8) is 0 Å². The van der Waals surface area contributed by atoms with E-state index in [0.717, 1.165) is 11.4 Å². The molecule has 6 nitrogen and oxygen atoms in total. The molecule has 102 valence electrons. The minimum atomic E-state index is -0.116. The van der Waals surface area contributed by atoms with Gasteiger partial charge in [0, 0.05) is 6.61 Å². The first-order chi connectivity index (χ1) is 9.26. The lowest BCUT2D eigenvalue weighted by Crippen LogP contribution is -2.28. The average molecular weight is 281 g/mol. The summed E-state index contributed by atoms with van der Waals surface area (Å²) >= 11 is 1.34. The second-order valence-corrected chi connectivity index (χ2v) is 5.56. The van der Waals surface area contributed by atoms with Gasteiger partial charge in [-0.25, -0.2) is 0 Å². The molecule has 1 aromatic heterocycles. The van der Waals surface area contributed by atoms with Crippen molar-refractivity contribution in [2.45, 2.75) is 32.2 Å². The molecule has 1 amide bonds. The van der Waals surface area contributed by atoms with Crippen molar-refractivity contribution >= 4 is 22.4 Å². The maximum Gasteiger partial charge on any atom is 0.232 e. The number of anilines is 1. The SMILES string of the molecule is CCOCc1nnc(NC(=O)[C@H]2C[C@@H]3C=C[C@@H]2O3)s1. The molecule has 1 N–H and O–H groups in total. The molecule has 0 saturated carbocycles. The first-order valence-corrected chi connectivity index (χ1v) is 7.12. The summed E-state index contributed by atoms with van der Waals surface area (Å²) in [7, 11) is 0. The van der Waals surface area contributed by atoms with Crippen molar-refractivity contribution < 1.29 is 14.3 Å². The molecule has 3 atom stereocenters. The van der Waals surface area contributed by atoms with Gasteiger partial charge in [-0.1, -0.05) is 23.5 Å². The van der Waals surface area contributed by atoms with E-state index in [1.165, 1.54) is 11.3 Å². The topological polar surface area (TPSA) is 73.3 Å². The van der Waals surface area contributed by atoms with Crippen molar-refractivity contribution in [2.24, 2.45) is 5.92 Å². The Labute approximate surface area is 114 Å². The fourth-order valence-electron chi connectivity index (χ4n) is 2.28. The van der Waals surface area contributed by atoms with Crippen LogP contribution in [-0.4, -0.2) is 34.9 Å². The number of rotatable bonds is 5. The monoisotopic (exact) mass is 281 g/mol. The van der Waals surface area contributed by atoms with Gasteiger partial charge in [0.1, 0.15) is 11.6 Å². The fourth-order valence-corrected chi connectivity index (χ4v) is 2.96. The molecule has 2 bridgehead atoms. The predicted molar refractivity (Wildman–Crippen MR) is 69.8 cm³/mol. The summed E-state index contributed by atoms with van der Waals surface area (Å²) < 4.78 is 10.8. The van der Waals surface area contributed by atoms with E-state index in [0.29, 0.717) is 18.3 Å². The van der Waals surface area contributed by atoms with Crippen molar-refractivity contribution in [3.05, 3.63) is 17.2 Å². The van der Waals surface area contributed by atoms with E-state index in [1.54, 1.807) is 0 Å². The highest BCUT2D eigenvalue weighted by molar-refractivity contribution is 7.15. The number of nitrogens with one attached hydrogen (secondary N) is 1. The fraction of sp³-hybridized carbons (Fsp3) is 0.583. The summed E-state index contributed by atoms with van der Waals surface area (Å²) in [5, 5.41) is 12.0. The Kier molecular flexibility index (Phi) is 3.58. The van der Waals surface area contributed by atoms with Crippen LogP contribution in [0.4, 0.5) is 5.13 Å². The molecule has 0 spiro atoms. The van der Waals surface area contributed by atoms with Crippen molar-refractivity contribution in [2.75, 3.05) is 11.9 Å². The third-order valence-corrected chi connectivity index (χ3v) is 4.01. The first-order valence-electron chi connectivity index (χ1n) is 6.31. The van der Waals surface area contributed by atoms with Crippen LogP contribution in [0.5, 0.6) is 0 Å². The normalized spacial score (nSPS) is 27.9. The number of hydrogen-bond acceptors (Lipinski definition) is 6. The maximum atomic E-state index is 12.1. The highest BCUT2D eigenvalue weighted by Gasteiger charge is 2.41. The highest BCUT2D eigenvalue weighted by atomic mass is 32.1. The van der Waals surface area contributed by atoms with Gasteiger partial charge in [0.15, 0.2) is 0 Å². The summed E-state index contributed by atoms with van der Waals surface area (Å²) in [5.41, 5.74) is 0. The van der Waals surface area contributed by atoms with Gasteiger partial charge < -0.3 is 14.8 Å². The van der Waals surface area contributed by atoms with Crippen LogP contribution in [0.25, 0.3) is 0 Å². The Balaban J connectivity index is 1.57. The zero-order chi connectivity index (χ0) is 13.2. The van der Waals surface area contributed by atoms with E-state index in [1.807, 2.05) is 19.1 Å². The standard InChI is InChI=1S/C12H15N3O3S/c1-2-17-6-10-14-15-12(19-10)13-11(16)8-5-7-3-4-9(8)18-7/h3-4,7-9H,2,5-6H2,1H3,(H,13,15,16)/t7-,8-,9-/m0/s1. The van der Waals surface area contributed by atoms with Gasteiger partial charge in [-0.2, -0.15) is 0 Å². The Bertz CT molecular complexity index is 502. The van der Waals surface area contributed by atoms with Crippen molar-refractivity contribution in [3.8, 4) is 0 Å². The number of aromatic nitrogens is 2. The second kappa shape index (κ2) is 5.36. The second-order valence-electron chi connectivity index (χ2n) is 4.49. The van der Waals surface area contributed by atoms with E-state index in [4.69, 9.17) is 9.47 Å². The molecule has 0 unspecified atom stereocenters. The highest BCUT2D eigenvalue weighted by Crippen LogP contribution is 2.34. The molecule has 0 aliphatic carbocycles. The van der Waals surface area contributed by atoms with Crippen molar-refractivity contribution in [1.29, 1.82) is 0 Å². The van der Waals surface area contributed by atoms with Gasteiger partial charge >= 0.3 is 0 Å². The van der Waals surface area contributed by atoms with Gasteiger partial charge in [-0.3, -0.25) is 4.79 Å². The van der Waals surface area contributed by atoms with Gasteiger partial charge in [0.25, 0.3) is 0 Å². The maximum absolute atomic E-state index is 12.1. The minimum Gasteiger partial charge on any atom is -0.374 e. The molecule has 0 aromatic carbocycles. The third kappa shape index (κ3) is 2.68. The average Bonchev–Trinajstić information content (AvgIpc) is 3.12. The van der Waals surface area contributed by atoms with Crippen LogP contribution in [0.3, 0.4) is 0 Å². The molecule has 2 aliphatic rings. The van der Waals surface area contributed by atoms with Crippen molar-refractivity contribution in [1.82, 2.24) is 10.2 Å². The lowest BCUT2D eigenvalue weighted by atomic mass is 9.94. The molecule has 2 aliphatic heterocycles. The smallest absolute Gasteiger partial charge is 0.232 e. The summed E-state index contributed by atoms with van der Waals surface area (Å²) in [6, 6.07) is 0. The molecule has 19 heavy (non-hydrogen) atoms. The van der Waals surface area contributed by atoms with Crippen LogP contribution in [0, 0.1) is 5.92 Å². The number of ether oxygens (including phenoxy) is 2. The van der Waals surface area contributed by atoms with Gasteiger partial charge in [0.2, 0.25) is 11.0 Å². The molecule has 1 fully saturated rings. The largest absolute Gasteiger partial charge is 0.374 e. The zero-order valence-electron chi connectivity index (χ0n) is 10.5. The number of amides is 1.